The van der Waals surface area contributed by atoms with E-state index in [9.17, 15) is 4.79 Å². The summed E-state index contributed by atoms with van der Waals surface area (Å²) in [6, 6.07) is 17.1. The molecule has 0 unspecified atom stereocenters. The lowest BCUT2D eigenvalue weighted by molar-refractivity contribution is 0.102. The van der Waals surface area contributed by atoms with Gasteiger partial charge in [-0.2, -0.15) is 10.2 Å². The van der Waals surface area contributed by atoms with Crippen LogP contribution in [0.1, 0.15) is 10.4 Å². The van der Waals surface area contributed by atoms with E-state index in [0.717, 1.165) is 16.8 Å². The zero-order chi connectivity index (χ0) is 19.6. The first-order valence-electron chi connectivity index (χ1n) is 9.13. The maximum absolute atomic E-state index is 12.8. The number of carbonyl (C=O) groups excluding carboxylic acids is 1. The molecule has 8 heteroatoms. The smallest absolute Gasteiger partial charge is 0.260 e. The monoisotopic (exact) mass is 387 g/mol. The summed E-state index contributed by atoms with van der Waals surface area (Å²) in [7, 11) is 0. The molecule has 3 N–H and O–H groups in total. The van der Waals surface area contributed by atoms with Crippen LogP contribution >= 0.6 is 0 Å². The van der Waals surface area contributed by atoms with E-state index in [-0.39, 0.29) is 5.91 Å². The first kappa shape index (κ1) is 17.1. The molecule has 144 valence electrons. The molecule has 5 rings (SSSR count). The number of amides is 1. The predicted octanol–water partition coefficient (Wildman–Crippen LogP) is 3.49. The highest BCUT2D eigenvalue weighted by Crippen LogP contribution is 2.35. The minimum Gasteiger partial charge on any atom is -0.486 e. The number of aromatic amines is 2. The third kappa shape index (κ3) is 3.31. The number of aromatic nitrogens is 4. The van der Waals surface area contributed by atoms with Gasteiger partial charge in [-0.25, -0.2) is 0 Å². The molecule has 0 fully saturated rings. The Labute approximate surface area is 165 Å². The summed E-state index contributed by atoms with van der Waals surface area (Å²) in [6.45, 7) is 1.02. The Morgan fingerprint density at radius 3 is 2.62 bits per heavy atom. The Hall–Kier alpha value is -4.07. The molecule has 0 saturated carbocycles. The van der Waals surface area contributed by atoms with Crippen LogP contribution in [0.3, 0.4) is 0 Å². The second kappa shape index (κ2) is 7.16. The minimum atomic E-state index is -0.310. The Balaban J connectivity index is 1.38. The zero-order valence-corrected chi connectivity index (χ0v) is 15.3. The van der Waals surface area contributed by atoms with Crippen LogP contribution in [0.25, 0.3) is 22.5 Å². The molecule has 0 aliphatic carbocycles. The summed E-state index contributed by atoms with van der Waals surface area (Å²) < 4.78 is 11.2. The SMILES string of the molecule is O=C(Nc1cc(-c2ccccc2)[nH]n1)c1cn[nH]c1-c1ccc2c(c1)OCCO2. The normalized spacial score (nSPS) is 12.6. The largest absolute Gasteiger partial charge is 0.486 e. The van der Waals surface area contributed by atoms with E-state index < -0.39 is 0 Å². The molecule has 8 nitrogen and oxygen atoms in total. The standard InChI is InChI=1S/C21H17N5O3/c27-21(23-19-11-16(24-25-19)13-4-2-1-3-5-13)15-12-22-26-20(15)14-6-7-17-18(10-14)29-9-8-28-17/h1-7,10-12H,8-9H2,(H,22,26)(H2,23,24,25,27). The first-order chi connectivity index (χ1) is 14.3. The lowest BCUT2D eigenvalue weighted by Gasteiger charge is -2.18. The number of hydrogen-bond acceptors (Lipinski definition) is 5. The number of nitrogens with one attached hydrogen (secondary N) is 3. The Kier molecular flexibility index (Phi) is 4.21. The summed E-state index contributed by atoms with van der Waals surface area (Å²) in [5.41, 5.74) is 3.59. The number of benzene rings is 2. The number of H-pyrrole nitrogens is 2. The van der Waals surface area contributed by atoms with Gasteiger partial charge >= 0.3 is 0 Å². The molecule has 0 bridgehead atoms. The molecule has 1 aliphatic rings. The summed E-state index contributed by atoms with van der Waals surface area (Å²) in [5.74, 6) is 1.46. The van der Waals surface area contributed by atoms with Crippen molar-refractivity contribution in [3.05, 3.63) is 66.4 Å². The molecule has 0 atom stereocenters. The van der Waals surface area contributed by atoms with Crippen LogP contribution in [-0.4, -0.2) is 39.5 Å². The molecule has 0 saturated heterocycles. The van der Waals surface area contributed by atoms with Crippen LogP contribution in [0.15, 0.2) is 60.8 Å². The average Bonchev–Trinajstić information content (AvgIpc) is 3.44. The van der Waals surface area contributed by atoms with Crippen LogP contribution in [0.5, 0.6) is 11.5 Å². The first-order valence-corrected chi connectivity index (χ1v) is 9.13. The van der Waals surface area contributed by atoms with Crippen molar-refractivity contribution in [3.8, 4) is 34.0 Å². The van der Waals surface area contributed by atoms with Crippen molar-refractivity contribution in [2.45, 2.75) is 0 Å². The second-order valence-electron chi connectivity index (χ2n) is 6.50. The summed E-state index contributed by atoms with van der Waals surface area (Å²) >= 11 is 0. The number of carbonyl (C=O) groups is 1. The second-order valence-corrected chi connectivity index (χ2v) is 6.50. The molecule has 2 aromatic heterocycles. The number of nitrogens with zero attached hydrogens (tertiary/aromatic N) is 2. The van der Waals surface area contributed by atoms with Crippen LogP contribution in [0.2, 0.25) is 0 Å². The van der Waals surface area contributed by atoms with E-state index in [1.165, 1.54) is 6.20 Å². The Morgan fingerprint density at radius 1 is 0.931 bits per heavy atom. The van der Waals surface area contributed by atoms with Crippen LogP contribution in [-0.2, 0) is 0 Å². The highest BCUT2D eigenvalue weighted by molar-refractivity contribution is 6.07. The number of ether oxygens (including phenoxy) is 2. The molecule has 1 aliphatic heterocycles. The highest BCUT2D eigenvalue weighted by Gasteiger charge is 2.19. The summed E-state index contributed by atoms with van der Waals surface area (Å²) in [5, 5.41) is 16.9. The van der Waals surface area contributed by atoms with Crippen LogP contribution < -0.4 is 14.8 Å². The van der Waals surface area contributed by atoms with E-state index in [1.807, 2.05) is 48.5 Å². The number of hydrogen-bond donors (Lipinski definition) is 3. The van der Waals surface area contributed by atoms with Crippen molar-refractivity contribution in [3.63, 3.8) is 0 Å². The van der Waals surface area contributed by atoms with Crippen molar-refractivity contribution in [2.24, 2.45) is 0 Å². The van der Waals surface area contributed by atoms with E-state index in [4.69, 9.17) is 9.47 Å². The fraction of sp³-hybridized carbons (Fsp3) is 0.0952. The third-order valence-corrected chi connectivity index (χ3v) is 4.62. The van der Waals surface area contributed by atoms with Gasteiger partial charge in [-0.3, -0.25) is 15.0 Å². The quantitative estimate of drug-likeness (QED) is 0.497. The molecular formula is C21H17N5O3. The van der Waals surface area contributed by atoms with E-state index in [0.29, 0.717) is 41.8 Å². The molecular weight excluding hydrogens is 370 g/mol. The van der Waals surface area contributed by atoms with Gasteiger partial charge in [-0.05, 0) is 23.8 Å². The van der Waals surface area contributed by atoms with Crippen molar-refractivity contribution in [1.29, 1.82) is 0 Å². The van der Waals surface area contributed by atoms with Gasteiger partial charge in [-0.15, -0.1) is 0 Å². The van der Waals surface area contributed by atoms with Crippen LogP contribution in [0, 0.1) is 0 Å². The Bertz CT molecular complexity index is 1170. The van der Waals surface area contributed by atoms with Gasteiger partial charge in [0.15, 0.2) is 17.3 Å². The lowest BCUT2D eigenvalue weighted by atomic mass is 10.1. The van der Waals surface area contributed by atoms with Gasteiger partial charge < -0.3 is 14.8 Å². The molecule has 1 amide bonds. The maximum atomic E-state index is 12.8. The molecule has 0 radical (unpaired) electrons. The van der Waals surface area contributed by atoms with Gasteiger partial charge in [0, 0.05) is 11.6 Å². The molecule has 2 aromatic carbocycles. The molecule has 3 heterocycles. The van der Waals surface area contributed by atoms with Gasteiger partial charge in [0.25, 0.3) is 5.91 Å². The highest BCUT2D eigenvalue weighted by atomic mass is 16.6. The average molecular weight is 387 g/mol. The van der Waals surface area contributed by atoms with Crippen molar-refractivity contribution in [1.82, 2.24) is 20.4 Å². The van der Waals surface area contributed by atoms with Gasteiger partial charge in [-0.1, -0.05) is 30.3 Å². The van der Waals surface area contributed by atoms with Crippen molar-refractivity contribution >= 4 is 11.7 Å². The van der Waals surface area contributed by atoms with Gasteiger partial charge in [0.05, 0.1) is 23.1 Å². The number of rotatable bonds is 4. The topological polar surface area (TPSA) is 105 Å². The number of fused-ring (bicyclic) bond motifs is 1. The maximum Gasteiger partial charge on any atom is 0.260 e. The van der Waals surface area contributed by atoms with Crippen molar-refractivity contribution < 1.29 is 14.3 Å². The number of anilines is 1. The fourth-order valence-corrected chi connectivity index (χ4v) is 3.21. The van der Waals surface area contributed by atoms with E-state index in [2.05, 4.69) is 25.7 Å². The van der Waals surface area contributed by atoms with Crippen molar-refractivity contribution in [2.75, 3.05) is 18.5 Å². The molecule has 29 heavy (non-hydrogen) atoms. The molecule has 0 spiro atoms. The Morgan fingerprint density at radius 2 is 1.76 bits per heavy atom. The van der Waals surface area contributed by atoms with Crippen LogP contribution in [0.4, 0.5) is 5.82 Å². The van der Waals surface area contributed by atoms with E-state index >= 15 is 0 Å². The fourth-order valence-electron chi connectivity index (χ4n) is 3.21. The van der Waals surface area contributed by atoms with Gasteiger partial charge in [0.1, 0.15) is 13.2 Å². The molecule has 4 aromatic rings. The minimum absolute atomic E-state index is 0.310. The summed E-state index contributed by atoms with van der Waals surface area (Å²) in [6.07, 6.45) is 1.49. The predicted molar refractivity (Wildman–Crippen MR) is 107 cm³/mol. The lowest BCUT2D eigenvalue weighted by Crippen LogP contribution is -2.15. The van der Waals surface area contributed by atoms with Gasteiger partial charge in [0.2, 0.25) is 0 Å². The summed E-state index contributed by atoms with van der Waals surface area (Å²) in [4.78, 5) is 12.8. The third-order valence-electron chi connectivity index (χ3n) is 4.62. The zero-order valence-electron chi connectivity index (χ0n) is 15.3. The van der Waals surface area contributed by atoms with E-state index in [1.54, 1.807) is 6.07 Å².